The van der Waals surface area contributed by atoms with Crippen molar-refractivity contribution in [1.82, 2.24) is 14.7 Å². The lowest BCUT2D eigenvalue weighted by Crippen LogP contribution is -2.81. The molecule has 0 bridgehead atoms. The minimum absolute atomic E-state index is 0.145. The van der Waals surface area contributed by atoms with Gasteiger partial charge in [0.25, 0.3) is 5.91 Å². The molecule has 3 saturated heterocycles. The quantitative estimate of drug-likeness (QED) is 0.783. The summed E-state index contributed by atoms with van der Waals surface area (Å²) in [7, 11) is 0. The fourth-order valence-electron chi connectivity index (χ4n) is 5.01. The van der Waals surface area contributed by atoms with E-state index in [0.717, 1.165) is 12.3 Å². The number of carbonyl (C=O) groups excluding carboxylic acids is 2. The molecule has 2 atom stereocenters. The van der Waals surface area contributed by atoms with Gasteiger partial charge in [0.15, 0.2) is 0 Å². The minimum Gasteiger partial charge on any atom is -0.464 e. The third kappa shape index (κ3) is 3.01. The molecule has 7 heteroatoms. The fraction of sp³-hybridized carbons (Fsp3) is 0.455. The summed E-state index contributed by atoms with van der Waals surface area (Å²) >= 11 is 0. The lowest BCUT2D eigenvalue weighted by Gasteiger charge is -2.58. The molecular formula is C22H25N3O4. The largest absolute Gasteiger partial charge is 0.464 e. The first-order chi connectivity index (χ1) is 14.0. The van der Waals surface area contributed by atoms with Crippen LogP contribution in [0.4, 0.5) is 0 Å². The summed E-state index contributed by atoms with van der Waals surface area (Å²) < 4.78 is 5.62. The Morgan fingerprint density at radius 2 is 1.86 bits per heavy atom. The molecule has 152 valence electrons. The Labute approximate surface area is 169 Å². The number of β-amino-alcohol motifs (C(OH)–C–C–N with tert-alkyl or cyclic N) is 1. The van der Waals surface area contributed by atoms with Gasteiger partial charge in [-0.1, -0.05) is 30.3 Å². The highest BCUT2D eigenvalue weighted by Crippen LogP contribution is 2.41. The highest BCUT2D eigenvalue weighted by molar-refractivity contribution is 6.06. The molecule has 0 saturated carbocycles. The lowest BCUT2D eigenvalue weighted by atomic mass is 9.82. The van der Waals surface area contributed by atoms with Crippen LogP contribution in [0.3, 0.4) is 0 Å². The number of fused-ring (bicyclic) bond motifs is 2. The lowest BCUT2D eigenvalue weighted by molar-refractivity contribution is -0.181. The highest BCUT2D eigenvalue weighted by atomic mass is 16.3. The Bertz CT molecular complexity index is 935. The molecule has 1 aromatic carbocycles. The molecule has 29 heavy (non-hydrogen) atoms. The predicted molar refractivity (Wildman–Crippen MR) is 105 cm³/mol. The summed E-state index contributed by atoms with van der Waals surface area (Å²) in [6.07, 6.45) is -0.206. The highest BCUT2D eigenvalue weighted by Gasteiger charge is 2.64. The summed E-state index contributed by atoms with van der Waals surface area (Å²) in [6.45, 7) is 4.24. The number of aliphatic hydroxyl groups excluding tert-OH is 1. The summed E-state index contributed by atoms with van der Waals surface area (Å²) in [5, 5.41) is 10.2. The molecule has 2 amide bonds. The van der Waals surface area contributed by atoms with Crippen molar-refractivity contribution in [3.63, 3.8) is 0 Å². The van der Waals surface area contributed by atoms with Gasteiger partial charge in [-0.15, -0.1) is 0 Å². The molecule has 3 fully saturated rings. The van der Waals surface area contributed by atoms with Crippen molar-refractivity contribution >= 4 is 11.8 Å². The summed E-state index contributed by atoms with van der Waals surface area (Å²) in [4.78, 5) is 32.1. The van der Waals surface area contributed by atoms with Crippen LogP contribution in [0.15, 0.2) is 46.9 Å². The number of amides is 2. The molecule has 5 rings (SSSR count). The Balaban J connectivity index is 1.39. The Kier molecular flexibility index (Phi) is 4.34. The van der Waals surface area contributed by atoms with Crippen molar-refractivity contribution in [3.05, 3.63) is 59.5 Å². The van der Waals surface area contributed by atoms with Crippen molar-refractivity contribution in [2.45, 2.75) is 44.1 Å². The number of likely N-dealkylation sites (tertiary alicyclic amines) is 1. The standard InChI is InChI=1S/C22H25N3O4/c1-15-7-8-18(29-15)12-24-20(27)19-9-17(26)11-25(19)22(21(24)28)13-23(14-22)10-16-5-3-2-4-6-16/h2-8,17,19,26H,9-14H2,1H3/t17-,19+/m1/s1. The number of benzene rings is 1. The molecule has 0 unspecified atom stereocenters. The van der Waals surface area contributed by atoms with Crippen LogP contribution in [0.1, 0.15) is 23.5 Å². The maximum atomic E-state index is 13.5. The summed E-state index contributed by atoms with van der Waals surface area (Å²) in [5.41, 5.74) is 0.453. The number of aryl methyl sites for hydroxylation is 1. The second-order valence-corrected chi connectivity index (χ2v) is 8.46. The van der Waals surface area contributed by atoms with Crippen molar-refractivity contribution < 1.29 is 19.1 Å². The van der Waals surface area contributed by atoms with Gasteiger partial charge in [-0.2, -0.15) is 0 Å². The van der Waals surface area contributed by atoms with Gasteiger partial charge in [-0.3, -0.25) is 24.3 Å². The van der Waals surface area contributed by atoms with Crippen LogP contribution in [0.5, 0.6) is 0 Å². The summed E-state index contributed by atoms with van der Waals surface area (Å²) in [5.74, 6) is 0.952. The zero-order chi connectivity index (χ0) is 20.2. The second-order valence-electron chi connectivity index (χ2n) is 8.46. The topological polar surface area (TPSA) is 77.2 Å². The first-order valence-electron chi connectivity index (χ1n) is 10.1. The molecule has 0 radical (unpaired) electrons. The van der Waals surface area contributed by atoms with Crippen LogP contribution in [0.25, 0.3) is 0 Å². The van der Waals surface area contributed by atoms with E-state index >= 15 is 0 Å². The van der Waals surface area contributed by atoms with Gasteiger partial charge < -0.3 is 9.52 Å². The van der Waals surface area contributed by atoms with E-state index in [1.165, 1.54) is 10.5 Å². The Morgan fingerprint density at radius 3 is 2.55 bits per heavy atom. The maximum Gasteiger partial charge on any atom is 0.252 e. The van der Waals surface area contributed by atoms with Crippen LogP contribution in [-0.2, 0) is 22.7 Å². The average molecular weight is 395 g/mol. The molecule has 4 heterocycles. The number of rotatable bonds is 4. The molecule has 7 nitrogen and oxygen atoms in total. The number of piperazine rings is 1. The van der Waals surface area contributed by atoms with Crippen LogP contribution in [0.2, 0.25) is 0 Å². The van der Waals surface area contributed by atoms with Gasteiger partial charge in [0, 0.05) is 26.2 Å². The minimum atomic E-state index is -0.744. The smallest absolute Gasteiger partial charge is 0.252 e. The first kappa shape index (κ1) is 18.5. The van der Waals surface area contributed by atoms with E-state index in [1.54, 1.807) is 6.07 Å². The number of aliphatic hydroxyl groups is 1. The van der Waals surface area contributed by atoms with Crippen molar-refractivity contribution in [2.75, 3.05) is 19.6 Å². The zero-order valence-electron chi connectivity index (χ0n) is 16.5. The number of hydrogen-bond donors (Lipinski definition) is 1. The van der Waals surface area contributed by atoms with E-state index in [0.29, 0.717) is 31.8 Å². The van der Waals surface area contributed by atoms with E-state index in [1.807, 2.05) is 36.1 Å². The van der Waals surface area contributed by atoms with E-state index in [2.05, 4.69) is 17.0 Å². The maximum absolute atomic E-state index is 13.5. The van der Waals surface area contributed by atoms with Gasteiger partial charge in [0.05, 0.1) is 18.7 Å². The fourth-order valence-corrected chi connectivity index (χ4v) is 5.01. The van der Waals surface area contributed by atoms with Gasteiger partial charge in [-0.25, -0.2) is 0 Å². The monoisotopic (exact) mass is 395 g/mol. The molecule has 1 aromatic heterocycles. The normalized spacial score (nSPS) is 26.8. The number of carbonyl (C=O) groups is 2. The second kappa shape index (κ2) is 6.79. The van der Waals surface area contributed by atoms with E-state index in [4.69, 9.17) is 4.42 Å². The SMILES string of the molecule is Cc1ccc(CN2C(=O)[C@@H]3C[C@@H](O)CN3C3(CN(Cc4ccccc4)C3)C2=O)o1. The summed E-state index contributed by atoms with van der Waals surface area (Å²) in [6, 6.07) is 13.3. The van der Waals surface area contributed by atoms with Crippen molar-refractivity contribution in [3.8, 4) is 0 Å². The molecule has 1 N–H and O–H groups in total. The van der Waals surface area contributed by atoms with Crippen molar-refractivity contribution in [1.29, 1.82) is 0 Å². The Hall–Kier alpha value is -2.48. The third-order valence-corrected chi connectivity index (χ3v) is 6.35. The molecular weight excluding hydrogens is 370 g/mol. The van der Waals surface area contributed by atoms with Gasteiger partial charge in [0.2, 0.25) is 5.91 Å². The molecule has 1 spiro atoms. The zero-order valence-corrected chi connectivity index (χ0v) is 16.5. The number of furan rings is 1. The van der Waals surface area contributed by atoms with Crippen LogP contribution >= 0.6 is 0 Å². The van der Waals surface area contributed by atoms with Crippen LogP contribution < -0.4 is 0 Å². The van der Waals surface area contributed by atoms with Gasteiger partial charge in [-0.05, 0) is 31.0 Å². The molecule has 3 aliphatic rings. The first-order valence-corrected chi connectivity index (χ1v) is 10.1. The molecule has 2 aromatic rings. The van der Waals surface area contributed by atoms with E-state index in [-0.39, 0.29) is 18.4 Å². The van der Waals surface area contributed by atoms with E-state index in [9.17, 15) is 14.7 Å². The van der Waals surface area contributed by atoms with Crippen LogP contribution in [0, 0.1) is 6.92 Å². The Morgan fingerprint density at radius 1 is 1.10 bits per heavy atom. The van der Waals surface area contributed by atoms with Gasteiger partial charge in [0.1, 0.15) is 17.1 Å². The number of imide groups is 1. The van der Waals surface area contributed by atoms with Crippen LogP contribution in [-0.4, -0.2) is 68.9 Å². The average Bonchev–Trinajstić information content (AvgIpc) is 3.27. The number of hydrogen-bond acceptors (Lipinski definition) is 6. The third-order valence-electron chi connectivity index (χ3n) is 6.35. The predicted octanol–water partition coefficient (Wildman–Crippen LogP) is 1.15. The number of nitrogens with zero attached hydrogens (tertiary/aromatic N) is 3. The van der Waals surface area contributed by atoms with Crippen molar-refractivity contribution in [2.24, 2.45) is 0 Å². The molecule has 0 aliphatic carbocycles. The van der Waals surface area contributed by atoms with Gasteiger partial charge >= 0.3 is 0 Å². The van der Waals surface area contributed by atoms with E-state index < -0.39 is 17.7 Å². The molecule has 3 aliphatic heterocycles.